The van der Waals surface area contributed by atoms with E-state index in [4.69, 9.17) is 21.9 Å². The number of isocyanates is 1. The van der Waals surface area contributed by atoms with Crippen LogP contribution in [0.1, 0.15) is 0 Å². The number of hydrogen-bond acceptors (Lipinski definition) is 6. The van der Waals surface area contributed by atoms with E-state index < -0.39 is 35.5 Å². The van der Waals surface area contributed by atoms with Gasteiger partial charge in [-0.05, 0) is 12.1 Å². The Bertz CT molecular complexity index is 750. The first-order valence-electron chi connectivity index (χ1n) is 4.04. The number of benzene rings is 1. The van der Waals surface area contributed by atoms with Crippen LogP contribution in [-0.4, -0.2) is 22.9 Å². The second-order valence-electron chi connectivity index (χ2n) is 3.04. The Hall–Kier alpha value is -1.29. The Balaban J connectivity index is 3.84. The highest BCUT2D eigenvalue weighted by molar-refractivity contribution is 7.90. The van der Waals surface area contributed by atoms with Crippen LogP contribution < -0.4 is 10.3 Å². The molecule has 0 amide bonds. The first kappa shape index (κ1) is 14.8. The van der Waals surface area contributed by atoms with E-state index in [2.05, 4.69) is 4.99 Å². The topological polar surface area (TPSA) is 150 Å². The minimum absolute atomic E-state index is 0.390. The zero-order chi connectivity index (χ0) is 14.1. The van der Waals surface area contributed by atoms with Crippen LogP contribution >= 0.6 is 11.6 Å². The van der Waals surface area contributed by atoms with Gasteiger partial charge in [-0.15, -0.1) is 0 Å². The molecule has 0 saturated carbocycles. The molecular formula is C7H6ClN3O5S2. The second-order valence-corrected chi connectivity index (χ2v) is 6.51. The number of aliphatic imine (C=N–C) groups is 1. The van der Waals surface area contributed by atoms with Gasteiger partial charge in [0, 0.05) is 0 Å². The monoisotopic (exact) mass is 311 g/mol. The molecule has 0 aliphatic heterocycles. The van der Waals surface area contributed by atoms with Crippen molar-refractivity contribution in [2.45, 2.75) is 9.79 Å². The molecule has 18 heavy (non-hydrogen) atoms. The van der Waals surface area contributed by atoms with Crippen molar-refractivity contribution < 1.29 is 21.6 Å². The average Bonchev–Trinajstić information content (AvgIpc) is 2.13. The number of sulfonamides is 2. The third-order valence-corrected chi connectivity index (χ3v) is 4.11. The normalized spacial score (nSPS) is 11.9. The van der Waals surface area contributed by atoms with Crippen molar-refractivity contribution in [2.24, 2.45) is 15.3 Å². The van der Waals surface area contributed by atoms with Crippen molar-refractivity contribution in [2.75, 3.05) is 0 Å². The van der Waals surface area contributed by atoms with Crippen molar-refractivity contribution in [3.63, 3.8) is 0 Å². The molecule has 1 aromatic carbocycles. The van der Waals surface area contributed by atoms with Gasteiger partial charge in [0.15, 0.2) is 0 Å². The van der Waals surface area contributed by atoms with Crippen molar-refractivity contribution in [1.29, 1.82) is 0 Å². The highest BCUT2D eigenvalue weighted by atomic mass is 35.5. The molecule has 0 bridgehead atoms. The van der Waals surface area contributed by atoms with Gasteiger partial charge in [-0.3, -0.25) is 0 Å². The summed E-state index contributed by atoms with van der Waals surface area (Å²) >= 11 is 5.59. The fraction of sp³-hybridized carbons (Fsp3) is 0. The minimum atomic E-state index is -4.31. The molecule has 11 heteroatoms. The molecule has 0 heterocycles. The van der Waals surface area contributed by atoms with E-state index in [1.54, 1.807) is 0 Å². The number of primary sulfonamides is 2. The van der Waals surface area contributed by atoms with Gasteiger partial charge < -0.3 is 0 Å². The summed E-state index contributed by atoms with van der Waals surface area (Å²) in [4.78, 5) is 11.9. The summed E-state index contributed by atoms with van der Waals surface area (Å²) in [6, 6.07) is 1.47. The molecule has 1 rings (SSSR count). The largest absolute Gasteiger partial charge is 0.240 e. The van der Waals surface area contributed by atoms with E-state index in [0.29, 0.717) is 6.07 Å². The molecular weight excluding hydrogens is 306 g/mol. The molecule has 0 fully saturated rings. The Morgan fingerprint density at radius 2 is 1.56 bits per heavy atom. The summed E-state index contributed by atoms with van der Waals surface area (Å²) in [6.07, 6.45) is 1.10. The van der Waals surface area contributed by atoms with Crippen LogP contribution in [0.25, 0.3) is 0 Å². The summed E-state index contributed by atoms with van der Waals surface area (Å²) in [5.41, 5.74) is -0.426. The molecule has 0 radical (unpaired) electrons. The average molecular weight is 312 g/mol. The fourth-order valence-electron chi connectivity index (χ4n) is 1.11. The maximum Gasteiger partial charge on any atom is 0.240 e. The third kappa shape index (κ3) is 3.13. The van der Waals surface area contributed by atoms with E-state index >= 15 is 0 Å². The van der Waals surface area contributed by atoms with Gasteiger partial charge in [0.1, 0.15) is 9.79 Å². The molecule has 0 unspecified atom stereocenters. The number of rotatable bonds is 3. The third-order valence-electron chi connectivity index (χ3n) is 1.79. The van der Waals surface area contributed by atoms with Crippen LogP contribution in [-0.2, 0) is 24.8 Å². The summed E-state index contributed by atoms with van der Waals surface area (Å²) in [5, 5.41) is 9.30. The van der Waals surface area contributed by atoms with Crippen LogP contribution in [0.3, 0.4) is 0 Å². The van der Waals surface area contributed by atoms with Crippen molar-refractivity contribution in [1.82, 2.24) is 0 Å². The van der Waals surface area contributed by atoms with Crippen LogP contribution in [0.2, 0.25) is 5.02 Å². The molecule has 4 N–H and O–H groups in total. The zero-order valence-electron chi connectivity index (χ0n) is 8.49. The molecule has 1 aromatic rings. The van der Waals surface area contributed by atoms with Gasteiger partial charge in [0.25, 0.3) is 0 Å². The number of hydrogen-bond donors (Lipinski definition) is 2. The van der Waals surface area contributed by atoms with E-state index in [0.717, 1.165) is 12.1 Å². The van der Waals surface area contributed by atoms with E-state index in [-0.39, 0.29) is 5.02 Å². The van der Waals surface area contributed by atoms with Gasteiger partial charge >= 0.3 is 0 Å². The Morgan fingerprint density at radius 3 is 1.94 bits per heavy atom. The van der Waals surface area contributed by atoms with E-state index in [1.807, 2.05) is 0 Å². The smallest absolute Gasteiger partial charge is 0.225 e. The Morgan fingerprint density at radius 1 is 1.06 bits per heavy atom. The van der Waals surface area contributed by atoms with E-state index in [1.165, 1.54) is 0 Å². The minimum Gasteiger partial charge on any atom is -0.225 e. The summed E-state index contributed by atoms with van der Waals surface area (Å²) in [5.74, 6) is 0. The first-order valence-corrected chi connectivity index (χ1v) is 7.51. The predicted octanol–water partition coefficient (Wildman–Crippen LogP) is -0.398. The number of nitrogens with two attached hydrogens (primary N) is 2. The number of nitrogens with zero attached hydrogens (tertiary/aromatic N) is 1. The van der Waals surface area contributed by atoms with Crippen LogP contribution in [0.15, 0.2) is 26.9 Å². The summed E-state index contributed by atoms with van der Waals surface area (Å²) in [6.45, 7) is 0. The zero-order valence-corrected chi connectivity index (χ0v) is 10.9. The number of carbonyl (C=O) groups excluding carboxylic acids is 1. The van der Waals surface area contributed by atoms with Gasteiger partial charge in [-0.2, -0.15) is 4.99 Å². The van der Waals surface area contributed by atoms with E-state index in [9.17, 15) is 21.6 Å². The maximum atomic E-state index is 11.2. The van der Waals surface area contributed by atoms with Gasteiger partial charge in [0.2, 0.25) is 26.1 Å². The fourth-order valence-corrected chi connectivity index (χ4v) is 2.95. The van der Waals surface area contributed by atoms with Crippen LogP contribution in [0, 0.1) is 0 Å². The summed E-state index contributed by atoms with van der Waals surface area (Å²) in [7, 11) is -8.55. The second kappa shape index (κ2) is 4.76. The molecule has 0 saturated heterocycles. The van der Waals surface area contributed by atoms with Crippen molar-refractivity contribution in [3.05, 3.63) is 17.2 Å². The number of halogens is 1. The van der Waals surface area contributed by atoms with Crippen LogP contribution in [0.4, 0.5) is 5.69 Å². The quantitative estimate of drug-likeness (QED) is 0.575. The van der Waals surface area contributed by atoms with Crippen molar-refractivity contribution >= 4 is 43.4 Å². The van der Waals surface area contributed by atoms with Gasteiger partial charge in [-0.25, -0.2) is 31.9 Å². The molecule has 0 aliphatic carbocycles. The standard InChI is InChI=1S/C7H6ClN3O5S2/c8-4-1-5(11-3-12)7(18(10,15)16)2-6(4)17(9,13)14/h1-2H,(H2,9,13,14)(H2,10,15,16). The molecule has 0 spiro atoms. The predicted molar refractivity (Wildman–Crippen MR) is 62.0 cm³/mol. The lowest BCUT2D eigenvalue weighted by molar-refractivity contribution is 0.565. The highest BCUT2D eigenvalue weighted by Gasteiger charge is 2.22. The lowest BCUT2D eigenvalue weighted by atomic mass is 10.3. The molecule has 98 valence electrons. The van der Waals surface area contributed by atoms with Crippen LogP contribution in [0.5, 0.6) is 0 Å². The molecule has 0 aromatic heterocycles. The van der Waals surface area contributed by atoms with Gasteiger partial charge in [0.05, 0.1) is 10.7 Å². The molecule has 0 atom stereocenters. The molecule has 0 aliphatic rings. The molecule has 8 nitrogen and oxygen atoms in total. The highest BCUT2D eigenvalue weighted by Crippen LogP contribution is 2.31. The van der Waals surface area contributed by atoms with Crippen molar-refractivity contribution in [3.8, 4) is 0 Å². The lowest BCUT2D eigenvalue weighted by Crippen LogP contribution is -2.16. The maximum absolute atomic E-state index is 11.2. The first-order chi connectivity index (χ1) is 8.07. The SMILES string of the molecule is NS(=O)(=O)c1cc(S(N)(=O)=O)c(N=C=O)cc1Cl. The van der Waals surface area contributed by atoms with Gasteiger partial charge in [-0.1, -0.05) is 11.6 Å². The lowest BCUT2D eigenvalue weighted by Gasteiger charge is -2.07. The summed E-state index contributed by atoms with van der Waals surface area (Å²) < 4.78 is 44.8. The Labute approximate surface area is 107 Å². The Kier molecular flexibility index (Phi) is 3.91.